The molecule has 1 heterocycles. The smallest absolute Gasteiger partial charge is 0.210 e. The molecule has 0 fully saturated rings. The molecule has 1 aromatic heterocycles. The number of ether oxygens (including phenoxy) is 1. The number of hydrogen-bond acceptors (Lipinski definition) is 2. The van der Waals surface area contributed by atoms with Gasteiger partial charge < -0.3 is 9.72 Å². The van der Waals surface area contributed by atoms with Gasteiger partial charge in [0.05, 0.1) is 12.7 Å². The van der Waals surface area contributed by atoms with E-state index in [2.05, 4.69) is 16.8 Å². The van der Waals surface area contributed by atoms with E-state index in [1.165, 1.54) is 0 Å². The van der Waals surface area contributed by atoms with E-state index < -0.39 is 0 Å². The van der Waals surface area contributed by atoms with Gasteiger partial charge in [-0.3, -0.25) is 4.79 Å². The number of H-pyrrole nitrogens is 1. The highest BCUT2D eigenvalue weighted by Crippen LogP contribution is 2.24. The number of aromatic nitrogens is 1. The lowest BCUT2D eigenvalue weighted by molar-refractivity contribution is 0.103. The van der Waals surface area contributed by atoms with Crippen LogP contribution in [-0.2, 0) is 0 Å². The summed E-state index contributed by atoms with van der Waals surface area (Å²) in [4.78, 5) is 16.5. The normalized spacial score (nSPS) is 10.1. The lowest BCUT2D eigenvalue weighted by Crippen LogP contribution is -2.04. The van der Waals surface area contributed by atoms with Crippen LogP contribution in [0.5, 0.6) is 5.75 Å². The number of carbonyl (C=O) groups excluding carboxylic acids is 1. The summed E-state index contributed by atoms with van der Waals surface area (Å²) in [5.41, 5.74) is 4.50. The average molecular weight is 377 g/mol. The number of rotatable bonds is 4. The molecule has 0 amide bonds. The summed E-state index contributed by atoms with van der Waals surface area (Å²) >= 11 is 0. The topological polar surface area (TPSA) is 42.1 Å². The maximum absolute atomic E-state index is 13.2. The second-order valence-corrected chi connectivity index (χ2v) is 6.51. The second kappa shape index (κ2) is 8.33. The van der Waals surface area contributed by atoms with Gasteiger partial charge in [0.25, 0.3) is 0 Å². The Bertz CT molecular complexity index is 1180. The lowest BCUT2D eigenvalue weighted by Gasteiger charge is -2.03. The van der Waals surface area contributed by atoms with Crippen LogP contribution < -0.4 is 4.74 Å². The highest BCUT2D eigenvalue weighted by Gasteiger charge is 2.17. The van der Waals surface area contributed by atoms with Crippen molar-refractivity contribution in [2.24, 2.45) is 0 Å². The molecule has 4 aromatic rings. The van der Waals surface area contributed by atoms with Crippen LogP contribution in [0.3, 0.4) is 0 Å². The van der Waals surface area contributed by atoms with Crippen molar-refractivity contribution in [3.63, 3.8) is 0 Å². The minimum Gasteiger partial charge on any atom is -0.497 e. The molecule has 0 atom stereocenters. The molecule has 29 heavy (non-hydrogen) atoms. The fourth-order valence-electron chi connectivity index (χ4n) is 3.05. The molecular weight excluding hydrogens is 358 g/mol. The van der Waals surface area contributed by atoms with Crippen molar-refractivity contribution < 1.29 is 9.53 Å². The van der Waals surface area contributed by atoms with Crippen LogP contribution in [0.1, 0.15) is 27.2 Å². The molecule has 0 radical (unpaired) electrons. The first-order valence-electron chi connectivity index (χ1n) is 9.29. The largest absolute Gasteiger partial charge is 0.497 e. The summed E-state index contributed by atoms with van der Waals surface area (Å²) in [6.45, 7) is 0. The molecule has 0 saturated heterocycles. The van der Waals surface area contributed by atoms with E-state index in [1.807, 2.05) is 66.7 Å². The third kappa shape index (κ3) is 4.12. The predicted molar refractivity (Wildman–Crippen MR) is 115 cm³/mol. The highest BCUT2D eigenvalue weighted by molar-refractivity contribution is 6.10. The number of nitrogens with one attached hydrogen (secondary N) is 1. The van der Waals surface area contributed by atoms with E-state index in [0.717, 1.165) is 16.8 Å². The van der Waals surface area contributed by atoms with Gasteiger partial charge in [0, 0.05) is 16.8 Å². The summed E-state index contributed by atoms with van der Waals surface area (Å²) in [7, 11) is 1.60. The van der Waals surface area contributed by atoms with Gasteiger partial charge in [-0.15, -0.1) is 0 Å². The summed E-state index contributed by atoms with van der Waals surface area (Å²) in [5.74, 6) is 6.92. The molecule has 0 aliphatic carbocycles. The van der Waals surface area contributed by atoms with E-state index in [4.69, 9.17) is 4.74 Å². The zero-order valence-electron chi connectivity index (χ0n) is 16.0. The molecule has 1 N–H and O–H groups in total. The molecule has 140 valence electrons. The standard InChI is InChI=1S/C26H19NO2/c1-29-23-16-14-21(15-17-23)26(28)25-22(13-12-19-8-4-2-5-9-19)18-24(27-25)20-10-6-3-7-11-20/h2-11,14-18,27H,1H3. The minimum atomic E-state index is -0.104. The van der Waals surface area contributed by atoms with Crippen LogP contribution in [0.2, 0.25) is 0 Å². The van der Waals surface area contributed by atoms with Crippen LogP contribution >= 0.6 is 0 Å². The first-order valence-corrected chi connectivity index (χ1v) is 9.29. The fraction of sp³-hybridized carbons (Fsp3) is 0.0385. The van der Waals surface area contributed by atoms with Crippen molar-refractivity contribution in [3.8, 4) is 28.8 Å². The van der Waals surface area contributed by atoms with Crippen LogP contribution in [0.4, 0.5) is 0 Å². The Morgan fingerprint density at radius 3 is 2.14 bits per heavy atom. The van der Waals surface area contributed by atoms with E-state index in [1.54, 1.807) is 31.4 Å². The number of benzene rings is 3. The molecule has 0 saturated carbocycles. The molecule has 3 heteroatoms. The van der Waals surface area contributed by atoms with E-state index in [9.17, 15) is 4.79 Å². The quantitative estimate of drug-likeness (QED) is 0.386. The van der Waals surface area contributed by atoms with Gasteiger partial charge in [0.15, 0.2) is 0 Å². The SMILES string of the molecule is COc1ccc(C(=O)c2[nH]c(-c3ccccc3)cc2C#Cc2ccccc2)cc1. The Labute approximate surface area is 170 Å². The minimum absolute atomic E-state index is 0.104. The molecule has 0 aliphatic heterocycles. The Kier molecular flexibility index (Phi) is 5.27. The lowest BCUT2D eigenvalue weighted by atomic mass is 10.0. The molecular formula is C26H19NO2. The number of aromatic amines is 1. The zero-order valence-corrected chi connectivity index (χ0v) is 16.0. The molecule has 3 nitrogen and oxygen atoms in total. The molecule has 0 aliphatic rings. The van der Waals surface area contributed by atoms with E-state index in [-0.39, 0.29) is 5.78 Å². The Balaban J connectivity index is 1.77. The summed E-state index contributed by atoms with van der Waals surface area (Å²) in [5, 5.41) is 0. The number of methoxy groups -OCH3 is 1. The number of ketones is 1. The van der Waals surface area contributed by atoms with Crippen molar-refractivity contribution >= 4 is 5.78 Å². The van der Waals surface area contributed by atoms with E-state index in [0.29, 0.717) is 22.6 Å². The molecule has 0 unspecified atom stereocenters. The van der Waals surface area contributed by atoms with Gasteiger partial charge in [-0.1, -0.05) is 60.4 Å². The summed E-state index contributed by atoms with van der Waals surface area (Å²) in [6, 6.07) is 28.7. The van der Waals surface area contributed by atoms with Crippen molar-refractivity contribution in [1.29, 1.82) is 0 Å². The first kappa shape index (κ1) is 18.3. The molecule has 3 aromatic carbocycles. The van der Waals surface area contributed by atoms with Gasteiger partial charge in [-0.25, -0.2) is 0 Å². The van der Waals surface area contributed by atoms with Crippen LogP contribution in [0, 0.1) is 11.8 Å². The van der Waals surface area contributed by atoms with E-state index >= 15 is 0 Å². The Hall–Kier alpha value is -4.03. The molecule has 4 rings (SSSR count). The monoisotopic (exact) mass is 377 g/mol. The third-order valence-corrected chi connectivity index (χ3v) is 4.60. The second-order valence-electron chi connectivity index (χ2n) is 6.51. The van der Waals surface area contributed by atoms with Gasteiger partial charge in [-0.05, 0) is 48.0 Å². The molecule has 0 spiro atoms. The highest BCUT2D eigenvalue weighted by atomic mass is 16.5. The van der Waals surface area contributed by atoms with Crippen LogP contribution in [-0.4, -0.2) is 17.9 Å². The Morgan fingerprint density at radius 2 is 1.48 bits per heavy atom. The third-order valence-electron chi connectivity index (χ3n) is 4.60. The summed E-state index contributed by atoms with van der Waals surface area (Å²) in [6.07, 6.45) is 0. The van der Waals surface area contributed by atoms with Crippen LogP contribution in [0.25, 0.3) is 11.3 Å². The Morgan fingerprint density at radius 1 is 0.828 bits per heavy atom. The van der Waals surface area contributed by atoms with Crippen molar-refractivity contribution in [1.82, 2.24) is 4.98 Å². The van der Waals surface area contributed by atoms with Gasteiger partial charge >= 0.3 is 0 Å². The van der Waals surface area contributed by atoms with Crippen molar-refractivity contribution in [2.75, 3.05) is 7.11 Å². The maximum atomic E-state index is 13.2. The number of carbonyl (C=O) groups is 1. The van der Waals surface area contributed by atoms with Gasteiger partial charge in [0.1, 0.15) is 11.4 Å². The van der Waals surface area contributed by atoms with Crippen LogP contribution in [0.15, 0.2) is 91.0 Å². The maximum Gasteiger partial charge on any atom is 0.210 e. The van der Waals surface area contributed by atoms with Gasteiger partial charge in [-0.2, -0.15) is 0 Å². The zero-order chi connectivity index (χ0) is 20.1. The average Bonchev–Trinajstić information content (AvgIpc) is 3.23. The van der Waals surface area contributed by atoms with Crippen molar-refractivity contribution in [2.45, 2.75) is 0 Å². The predicted octanol–water partition coefficient (Wildman–Crippen LogP) is 5.32. The fourth-order valence-corrected chi connectivity index (χ4v) is 3.05. The van der Waals surface area contributed by atoms with Crippen molar-refractivity contribution in [3.05, 3.63) is 113 Å². The molecule has 0 bridgehead atoms. The first-order chi connectivity index (χ1) is 14.2. The number of hydrogen-bond donors (Lipinski definition) is 1. The summed E-state index contributed by atoms with van der Waals surface area (Å²) < 4.78 is 5.19. The van der Waals surface area contributed by atoms with Gasteiger partial charge in [0.2, 0.25) is 5.78 Å².